The van der Waals surface area contributed by atoms with E-state index in [4.69, 9.17) is 18.5 Å². The maximum absolute atomic E-state index is 13.1. The van der Waals surface area contributed by atoms with Crippen molar-refractivity contribution in [1.29, 1.82) is 0 Å². The number of ether oxygens (including phenoxy) is 2. The zero-order valence-electron chi connectivity index (χ0n) is 43.2. The Hall–Kier alpha value is 3.30. The molecule has 0 amide bonds. The van der Waals surface area contributed by atoms with Crippen LogP contribution in [0.3, 0.4) is 0 Å². The van der Waals surface area contributed by atoms with Gasteiger partial charge >= 0.3 is 130 Å². The van der Waals surface area contributed by atoms with Crippen LogP contribution < -0.4 is 138 Å². The van der Waals surface area contributed by atoms with E-state index >= 15 is 0 Å². The van der Waals surface area contributed by atoms with E-state index in [0.717, 1.165) is 57.8 Å². The fourth-order valence-corrected chi connectivity index (χ4v) is 10.3. The number of esters is 2. The molecule has 30 heteroatoms. The van der Waals surface area contributed by atoms with Crippen LogP contribution >= 0.6 is 31.3 Å². The minimum atomic E-state index is -6.08. The molecule has 0 aliphatic heterocycles. The molecule has 5 N–H and O–H groups in total. The molecule has 22 nitrogen and oxygen atoms in total. The normalized spacial score (nSPS) is 22.6. The molecule has 1 fully saturated rings. The van der Waals surface area contributed by atoms with E-state index in [0.29, 0.717) is 19.3 Å². The van der Waals surface area contributed by atoms with Crippen molar-refractivity contribution >= 4 is 43.2 Å². The Morgan fingerprint density at radius 2 is 0.732 bits per heavy atom. The third-order valence-corrected chi connectivity index (χ3v) is 13.6. The van der Waals surface area contributed by atoms with Gasteiger partial charge in [-0.1, -0.05) is 168 Å². The number of carbonyl (C=O) groups is 2. The Labute approximate surface area is 509 Å². The molecule has 9 unspecified atom stereocenters. The second kappa shape index (κ2) is 46.0. The number of hydrogen-bond acceptors (Lipinski definition) is 19. The molecule has 0 radical (unpaired) electrons. The fourth-order valence-electron chi connectivity index (χ4n) is 7.65. The van der Waals surface area contributed by atoms with E-state index in [1.807, 2.05) is 0 Å². The Bertz CT molecular complexity index is 1510. The summed E-state index contributed by atoms with van der Waals surface area (Å²) in [4.78, 5) is 101. The van der Waals surface area contributed by atoms with E-state index in [1.165, 1.54) is 89.9 Å². The zero-order chi connectivity index (χ0) is 50.4. The predicted octanol–water partition coefficient (Wildman–Crippen LogP) is -6.44. The summed E-state index contributed by atoms with van der Waals surface area (Å²) in [5.74, 6) is -1.46. The first kappa shape index (κ1) is 80.8. The first-order valence-corrected chi connectivity index (χ1v) is 29.9. The first-order chi connectivity index (χ1) is 31.5. The van der Waals surface area contributed by atoms with Gasteiger partial charge in [-0.25, -0.2) is 0 Å². The summed E-state index contributed by atoms with van der Waals surface area (Å²) in [7, 11) is -24.2. The molecule has 1 aliphatic rings. The Balaban J connectivity index is -0.00000561. The molecule has 71 heavy (non-hydrogen) atoms. The summed E-state index contributed by atoms with van der Waals surface area (Å²) in [5, 5.41) is 21.6. The van der Waals surface area contributed by atoms with Crippen molar-refractivity contribution in [2.75, 3.05) is 13.2 Å². The molecule has 0 aromatic carbocycles. The van der Waals surface area contributed by atoms with E-state index in [-0.39, 0.29) is 131 Å². The summed E-state index contributed by atoms with van der Waals surface area (Å²) >= 11 is 0. The smallest absolute Gasteiger partial charge is 0.756 e. The summed E-state index contributed by atoms with van der Waals surface area (Å²) in [5.41, 5.74) is 0. The van der Waals surface area contributed by atoms with Gasteiger partial charge in [0.2, 0.25) is 0 Å². The van der Waals surface area contributed by atoms with Crippen molar-refractivity contribution in [2.45, 2.75) is 236 Å². The largest absolute Gasteiger partial charge is 1.00 e. The molecule has 0 spiro atoms. The molecule has 0 aromatic rings. The molecular weight excluding hydrogens is 1060 g/mol. The van der Waals surface area contributed by atoms with E-state index in [1.54, 1.807) is 0 Å². The van der Waals surface area contributed by atoms with Crippen LogP contribution in [0.5, 0.6) is 0 Å². The van der Waals surface area contributed by atoms with Gasteiger partial charge in [-0.3, -0.25) is 27.8 Å². The number of hydrogen-bond donors (Lipinski definition) is 5. The van der Waals surface area contributed by atoms with Crippen LogP contribution in [0.4, 0.5) is 0 Å². The van der Waals surface area contributed by atoms with Gasteiger partial charge in [0.15, 0.2) is 6.10 Å². The molecule has 9 atom stereocenters. The number of aliphatic hydroxyl groups excluding tert-OH is 2. The van der Waals surface area contributed by atoms with Crippen LogP contribution in [0, 0.1) is 0 Å². The van der Waals surface area contributed by atoms with Crippen molar-refractivity contribution in [3.63, 3.8) is 0 Å². The van der Waals surface area contributed by atoms with Gasteiger partial charge in [0.05, 0.1) is 6.61 Å². The third-order valence-electron chi connectivity index (χ3n) is 11.1. The minimum Gasteiger partial charge on any atom is -0.756 e. The Morgan fingerprint density at radius 1 is 0.437 bits per heavy atom. The summed E-state index contributed by atoms with van der Waals surface area (Å²) in [6.45, 7) is 2.60. The second-order valence-corrected chi connectivity index (χ2v) is 22.0. The third kappa shape index (κ3) is 43.7. The standard InChI is InChI=1S/C41H82O22P4.4Na/c1-3-5-7-9-11-13-15-17-19-21-23-25-27-29-34(42)57-31-33(59-35(43)30-28-26-24-22-20-18-16-14-12-10-8-6-4-2)32-58-67(55,56)63-38-36(44)39(60-64(46,47)48)41(62-66(52,53)54)40(37(38)45)61-65(49,50)51;;;;/h33,36-41,44-45H,3-32H2,1-2H3,(H,55,56)(H2,46,47,48)(H2,49,50,51)(H2,52,53,54);;;;/q;4*+1/p-4. The molecule has 0 saturated heterocycles. The van der Waals surface area contributed by atoms with Gasteiger partial charge in [0.25, 0.3) is 31.3 Å². The van der Waals surface area contributed by atoms with Crippen molar-refractivity contribution < 1.29 is 223 Å². The number of aliphatic hydroxyl groups is 2. The van der Waals surface area contributed by atoms with Gasteiger partial charge in [-0.05, 0) is 12.8 Å². The van der Waals surface area contributed by atoms with Crippen LogP contribution in [0.25, 0.3) is 0 Å². The average molecular weight is 1140 g/mol. The van der Waals surface area contributed by atoms with Crippen LogP contribution in [0.1, 0.15) is 194 Å². The number of phosphoric acid groups is 4. The zero-order valence-corrected chi connectivity index (χ0v) is 54.8. The maximum atomic E-state index is 13.1. The predicted molar refractivity (Wildman–Crippen MR) is 236 cm³/mol. The van der Waals surface area contributed by atoms with Crippen molar-refractivity contribution in [3.05, 3.63) is 0 Å². The van der Waals surface area contributed by atoms with Gasteiger partial charge in [0.1, 0.15) is 43.2 Å². The minimum absolute atomic E-state index is 0. The molecular formula is C41H78Na4O22P4. The van der Waals surface area contributed by atoms with Gasteiger partial charge in [0, 0.05) is 12.8 Å². The maximum Gasteiger partial charge on any atom is 1.00 e. The summed E-state index contributed by atoms with van der Waals surface area (Å²) in [6.07, 6.45) is 9.09. The Morgan fingerprint density at radius 3 is 1.06 bits per heavy atom. The van der Waals surface area contributed by atoms with Crippen molar-refractivity contribution in [1.82, 2.24) is 0 Å². The monoisotopic (exact) mass is 1140 g/mol. The summed E-state index contributed by atoms with van der Waals surface area (Å²) < 4.78 is 80.5. The topological polar surface area (TPSA) is 360 Å². The van der Waals surface area contributed by atoms with E-state index in [9.17, 15) is 72.3 Å². The number of rotatable bonds is 42. The molecule has 398 valence electrons. The molecule has 1 aliphatic carbocycles. The van der Waals surface area contributed by atoms with Crippen molar-refractivity contribution in [3.8, 4) is 0 Å². The second-order valence-electron chi connectivity index (χ2n) is 17.2. The summed E-state index contributed by atoms with van der Waals surface area (Å²) in [6, 6.07) is 0. The number of carbonyl (C=O) groups excluding carboxylic acids is 2. The number of phosphoric ester groups is 4. The van der Waals surface area contributed by atoms with Gasteiger partial charge in [-0.15, -0.1) is 0 Å². The molecule has 1 rings (SSSR count). The fraction of sp³-hybridized carbons (Fsp3) is 0.951. The molecule has 0 aromatic heterocycles. The Kier molecular flexibility index (Phi) is 52.3. The SMILES string of the molecule is CCCCCCCCCCCCCCCC(=O)OCC(COP(=O)([O-])OC1C(O)C(OP(=O)([O-])O)C(OP(=O)([O-])O)C(OP(=O)([O-])O)C1O)OC(=O)CCCCCCCCCCCCCCC.[Na+].[Na+].[Na+].[Na+]. The van der Waals surface area contributed by atoms with E-state index in [2.05, 4.69) is 27.4 Å². The molecule has 1 saturated carbocycles. The molecule has 0 bridgehead atoms. The first-order valence-electron chi connectivity index (χ1n) is 24.0. The van der Waals surface area contributed by atoms with Gasteiger partial charge in [-0.2, -0.15) is 0 Å². The van der Waals surface area contributed by atoms with E-state index < -0.39 is 99.2 Å². The molecule has 0 heterocycles. The number of unbranched alkanes of at least 4 members (excludes halogenated alkanes) is 24. The average Bonchev–Trinajstić information content (AvgIpc) is 3.22. The quantitative estimate of drug-likeness (QED) is 0.0164. The van der Waals surface area contributed by atoms with Crippen LogP contribution in [0.2, 0.25) is 0 Å². The van der Waals surface area contributed by atoms with Crippen molar-refractivity contribution in [2.24, 2.45) is 0 Å². The van der Waals surface area contributed by atoms with Gasteiger partial charge < -0.3 is 76.6 Å². The van der Waals surface area contributed by atoms with Crippen LogP contribution in [-0.2, 0) is 59.9 Å². The van der Waals surface area contributed by atoms with Crippen LogP contribution in [-0.4, -0.2) is 92.8 Å². The van der Waals surface area contributed by atoms with Crippen LogP contribution in [0.15, 0.2) is 0 Å².